The third kappa shape index (κ3) is 7.46. The van der Waals surface area contributed by atoms with Crippen molar-refractivity contribution in [3.05, 3.63) is 0 Å². The summed E-state index contributed by atoms with van der Waals surface area (Å²) in [5.74, 6) is -0.110. The van der Waals surface area contributed by atoms with Crippen LogP contribution in [0.1, 0.15) is 6.92 Å². The van der Waals surface area contributed by atoms with Gasteiger partial charge in [0.2, 0.25) is 5.91 Å². The Morgan fingerprint density at radius 2 is 2.33 bits per heavy atom. The molecule has 0 bridgehead atoms. The number of carbonyl (C=O) groups excluding carboxylic acids is 1. The zero-order chi connectivity index (χ0) is 9.40. The number of nitrogens with one attached hydrogen (secondary N) is 1. The maximum absolute atomic E-state index is 10.3. The number of hydrogen-bond donors (Lipinski definition) is 3. The van der Waals surface area contributed by atoms with Crippen molar-refractivity contribution in [2.45, 2.75) is 13.0 Å². The molecule has 0 saturated heterocycles. The van der Waals surface area contributed by atoms with Gasteiger partial charge in [-0.05, 0) is 0 Å². The minimum absolute atomic E-state index is 0.0933. The molecule has 12 heavy (non-hydrogen) atoms. The van der Waals surface area contributed by atoms with E-state index in [0.29, 0.717) is 13.2 Å². The van der Waals surface area contributed by atoms with Crippen LogP contribution in [0, 0.1) is 0 Å². The normalized spacial score (nSPS) is 12.6. The minimum atomic E-state index is -0.831. The number of carbonyl (C=O) groups is 1. The smallest absolute Gasteiger partial charge is 0.216 e. The molecule has 0 aromatic carbocycles. The molecule has 1 unspecified atom stereocenters. The molecule has 0 rings (SSSR count). The van der Waals surface area contributed by atoms with Gasteiger partial charge in [-0.3, -0.25) is 4.79 Å². The van der Waals surface area contributed by atoms with Gasteiger partial charge in [0.15, 0.2) is 0 Å². The Hall–Kier alpha value is -0.650. The Labute approximate surface area is 71.3 Å². The van der Waals surface area contributed by atoms with Crippen LogP contribution >= 0.6 is 0 Å². The lowest BCUT2D eigenvalue weighted by Gasteiger charge is -2.07. The van der Waals surface area contributed by atoms with Crippen LogP contribution in [0.15, 0.2) is 0 Å². The highest BCUT2D eigenvalue weighted by molar-refractivity contribution is 5.72. The van der Waals surface area contributed by atoms with Crippen molar-refractivity contribution in [3.63, 3.8) is 0 Å². The van der Waals surface area contributed by atoms with Crippen molar-refractivity contribution in [2.24, 2.45) is 0 Å². The maximum atomic E-state index is 10.3. The van der Waals surface area contributed by atoms with Crippen LogP contribution in [0.5, 0.6) is 0 Å². The minimum Gasteiger partial charge on any atom is -0.394 e. The number of amides is 1. The van der Waals surface area contributed by atoms with Crippen molar-refractivity contribution in [2.75, 3.05) is 26.4 Å². The first kappa shape index (κ1) is 11.4. The Morgan fingerprint density at radius 1 is 1.67 bits per heavy atom. The highest BCUT2D eigenvalue weighted by Gasteiger charge is 2.00. The Balaban J connectivity index is 3.05. The molecule has 5 nitrogen and oxygen atoms in total. The van der Waals surface area contributed by atoms with Gasteiger partial charge < -0.3 is 20.3 Å². The van der Waals surface area contributed by atoms with E-state index in [1.807, 2.05) is 0 Å². The Kier molecular flexibility index (Phi) is 6.64. The lowest BCUT2D eigenvalue weighted by molar-refractivity contribution is -0.119. The topological polar surface area (TPSA) is 78.8 Å². The molecule has 0 aromatic heterocycles. The summed E-state index contributed by atoms with van der Waals surface area (Å²) in [5, 5.41) is 19.7. The molecule has 3 N–H and O–H groups in total. The van der Waals surface area contributed by atoms with E-state index >= 15 is 0 Å². The third-order valence-corrected chi connectivity index (χ3v) is 1.14. The van der Waals surface area contributed by atoms with Gasteiger partial charge in [0.1, 0.15) is 6.10 Å². The van der Waals surface area contributed by atoms with Crippen LogP contribution in [0.3, 0.4) is 0 Å². The molecule has 1 atom stereocenters. The SMILES string of the molecule is CC(=O)NCCOCC(O)CO. The molecule has 1 amide bonds. The highest BCUT2D eigenvalue weighted by atomic mass is 16.5. The van der Waals surface area contributed by atoms with E-state index in [9.17, 15) is 4.79 Å². The van der Waals surface area contributed by atoms with Gasteiger partial charge >= 0.3 is 0 Å². The summed E-state index contributed by atoms with van der Waals surface area (Å²) in [6.07, 6.45) is -0.831. The predicted molar refractivity (Wildman–Crippen MR) is 42.6 cm³/mol. The van der Waals surface area contributed by atoms with Gasteiger partial charge in [-0.2, -0.15) is 0 Å². The zero-order valence-corrected chi connectivity index (χ0v) is 7.12. The monoisotopic (exact) mass is 177 g/mol. The maximum Gasteiger partial charge on any atom is 0.216 e. The van der Waals surface area contributed by atoms with E-state index < -0.39 is 6.10 Å². The van der Waals surface area contributed by atoms with Crippen LogP contribution in [0.2, 0.25) is 0 Å². The second kappa shape index (κ2) is 7.02. The van der Waals surface area contributed by atoms with E-state index in [0.717, 1.165) is 0 Å². The van der Waals surface area contributed by atoms with Crippen LogP contribution in [-0.4, -0.2) is 48.6 Å². The van der Waals surface area contributed by atoms with Crippen LogP contribution < -0.4 is 5.32 Å². The molecule has 0 aliphatic heterocycles. The van der Waals surface area contributed by atoms with E-state index in [4.69, 9.17) is 14.9 Å². The largest absolute Gasteiger partial charge is 0.394 e. The molecule has 0 aliphatic carbocycles. The number of aliphatic hydroxyl groups is 2. The predicted octanol–water partition coefficient (Wildman–Crippen LogP) is -1.51. The molecule has 0 fully saturated rings. The zero-order valence-electron chi connectivity index (χ0n) is 7.12. The molecular weight excluding hydrogens is 162 g/mol. The second-order valence-corrected chi connectivity index (χ2v) is 2.39. The standard InChI is InChI=1S/C7H15NO4/c1-6(10)8-2-3-12-5-7(11)4-9/h7,9,11H,2-5H2,1H3,(H,8,10). The lowest BCUT2D eigenvalue weighted by atomic mass is 10.4. The quantitative estimate of drug-likeness (QED) is 0.431. The number of aliphatic hydroxyl groups excluding tert-OH is 2. The first-order valence-corrected chi connectivity index (χ1v) is 3.78. The third-order valence-electron chi connectivity index (χ3n) is 1.14. The molecule has 0 saturated carbocycles. The highest BCUT2D eigenvalue weighted by Crippen LogP contribution is 1.82. The molecule has 0 aliphatic rings. The molecular formula is C7H15NO4. The number of ether oxygens (including phenoxy) is 1. The van der Waals surface area contributed by atoms with Gasteiger partial charge in [-0.25, -0.2) is 0 Å². The van der Waals surface area contributed by atoms with Gasteiger partial charge in [-0.15, -0.1) is 0 Å². The van der Waals surface area contributed by atoms with Crippen molar-refractivity contribution in [1.29, 1.82) is 0 Å². The average Bonchev–Trinajstić information content (AvgIpc) is 2.03. The summed E-state index contributed by atoms with van der Waals surface area (Å²) in [6, 6.07) is 0. The van der Waals surface area contributed by atoms with Gasteiger partial charge in [0.05, 0.1) is 19.8 Å². The van der Waals surface area contributed by atoms with Crippen molar-refractivity contribution >= 4 is 5.91 Å². The molecule has 0 spiro atoms. The van der Waals surface area contributed by atoms with E-state index in [1.54, 1.807) is 0 Å². The molecule has 0 aromatic rings. The molecule has 72 valence electrons. The van der Waals surface area contributed by atoms with Crippen LogP contribution in [0.25, 0.3) is 0 Å². The van der Waals surface area contributed by atoms with Crippen molar-refractivity contribution < 1.29 is 19.7 Å². The fourth-order valence-corrected chi connectivity index (χ4v) is 0.571. The Morgan fingerprint density at radius 3 is 2.83 bits per heavy atom. The Bertz CT molecular complexity index is 129. The summed E-state index contributed by atoms with van der Waals surface area (Å²) in [4.78, 5) is 10.3. The summed E-state index contributed by atoms with van der Waals surface area (Å²) < 4.78 is 4.91. The average molecular weight is 177 g/mol. The van der Waals surface area contributed by atoms with E-state index in [2.05, 4.69) is 5.32 Å². The fourth-order valence-electron chi connectivity index (χ4n) is 0.571. The van der Waals surface area contributed by atoms with E-state index in [1.165, 1.54) is 6.92 Å². The fraction of sp³-hybridized carbons (Fsp3) is 0.857. The van der Waals surface area contributed by atoms with E-state index in [-0.39, 0.29) is 19.1 Å². The molecule has 0 heterocycles. The number of rotatable bonds is 6. The molecule has 0 radical (unpaired) electrons. The van der Waals surface area contributed by atoms with Gasteiger partial charge in [0, 0.05) is 13.5 Å². The van der Waals surface area contributed by atoms with Gasteiger partial charge in [0.25, 0.3) is 0 Å². The van der Waals surface area contributed by atoms with Crippen molar-refractivity contribution in [1.82, 2.24) is 5.32 Å². The summed E-state index contributed by atoms with van der Waals surface area (Å²) in [6.45, 7) is 1.98. The van der Waals surface area contributed by atoms with Crippen molar-refractivity contribution in [3.8, 4) is 0 Å². The first-order valence-electron chi connectivity index (χ1n) is 3.78. The summed E-state index contributed by atoms with van der Waals surface area (Å²) >= 11 is 0. The number of hydrogen-bond acceptors (Lipinski definition) is 4. The lowest BCUT2D eigenvalue weighted by Crippen LogP contribution is -2.27. The summed E-state index contributed by atoms with van der Waals surface area (Å²) in [7, 11) is 0. The second-order valence-electron chi connectivity index (χ2n) is 2.39. The van der Waals surface area contributed by atoms with Gasteiger partial charge in [-0.1, -0.05) is 0 Å². The van der Waals surface area contributed by atoms with Crippen LogP contribution in [-0.2, 0) is 9.53 Å². The van der Waals surface area contributed by atoms with Crippen LogP contribution in [0.4, 0.5) is 0 Å². The first-order chi connectivity index (χ1) is 5.66. The summed E-state index contributed by atoms with van der Waals surface area (Å²) in [5.41, 5.74) is 0. The molecule has 5 heteroatoms.